The summed E-state index contributed by atoms with van der Waals surface area (Å²) in [6.45, 7) is 6.53. The fraction of sp³-hybridized carbons (Fsp3) is 0.190. The minimum atomic E-state index is -0.0864. The van der Waals surface area contributed by atoms with Crippen LogP contribution in [0.1, 0.15) is 26.5 Å². The van der Waals surface area contributed by atoms with Gasteiger partial charge in [-0.3, -0.25) is 0 Å². The third-order valence-corrected chi connectivity index (χ3v) is 4.14. The summed E-state index contributed by atoms with van der Waals surface area (Å²) in [5, 5.41) is 2.28. The molecule has 0 spiro atoms. The molecule has 0 atom stereocenters. The minimum Gasteiger partial charge on any atom is -0.454 e. The summed E-state index contributed by atoms with van der Waals surface area (Å²) in [5.74, 6) is 0. The third-order valence-electron chi connectivity index (χ3n) is 4.14. The molecule has 0 radical (unpaired) electrons. The van der Waals surface area contributed by atoms with E-state index in [1.165, 1.54) is 0 Å². The standard InChI is InChI=1S/C21H19NO/c1-21(2,3)20-19-16(15-11-7-8-12-18(15)23-19)13-17(22-20)14-9-5-4-6-10-14/h4-13H,1-3H3. The fourth-order valence-electron chi connectivity index (χ4n) is 2.99. The molecule has 2 aromatic carbocycles. The summed E-state index contributed by atoms with van der Waals surface area (Å²) in [6.07, 6.45) is 0. The van der Waals surface area contributed by atoms with Gasteiger partial charge in [0.15, 0.2) is 5.58 Å². The van der Waals surface area contributed by atoms with Crippen LogP contribution in [-0.2, 0) is 5.41 Å². The first-order valence-electron chi connectivity index (χ1n) is 7.92. The van der Waals surface area contributed by atoms with Crippen LogP contribution in [-0.4, -0.2) is 4.98 Å². The third kappa shape index (κ3) is 2.31. The van der Waals surface area contributed by atoms with Gasteiger partial charge < -0.3 is 4.42 Å². The molecule has 0 N–H and O–H groups in total. The van der Waals surface area contributed by atoms with E-state index in [4.69, 9.17) is 9.40 Å². The number of para-hydroxylation sites is 1. The van der Waals surface area contributed by atoms with Crippen molar-refractivity contribution in [2.45, 2.75) is 26.2 Å². The Kier molecular flexibility index (Phi) is 3.02. The first kappa shape index (κ1) is 14.0. The van der Waals surface area contributed by atoms with Crippen molar-refractivity contribution in [3.63, 3.8) is 0 Å². The zero-order valence-corrected chi connectivity index (χ0v) is 13.6. The number of pyridine rings is 1. The van der Waals surface area contributed by atoms with E-state index in [-0.39, 0.29) is 5.41 Å². The van der Waals surface area contributed by atoms with Crippen LogP contribution < -0.4 is 0 Å². The van der Waals surface area contributed by atoms with Crippen molar-refractivity contribution in [3.8, 4) is 11.3 Å². The van der Waals surface area contributed by atoms with E-state index in [2.05, 4.69) is 51.1 Å². The second-order valence-electron chi connectivity index (χ2n) is 6.95. The van der Waals surface area contributed by atoms with Crippen molar-refractivity contribution in [1.82, 2.24) is 4.98 Å². The zero-order valence-electron chi connectivity index (χ0n) is 13.6. The predicted molar refractivity (Wildman–Crippen MR) is 95.7 cm³/mol. The van der Waals surface area contributed by atoms with E-state index in [9.17, 15) is 0 Å². The van der Waals surface area contributed by atoms with Crippen molar-refractivity contribution < 1.29 is 4.42 Å². The monoisotopic (exact) mass is 301 g/mol. The van der Waals surface area contributed by atoms with Crippen LogP contribution in [0.15, 0.2) is 65.1 Å². The molecule has 2 aromatic heterocycles. The molecule has 0 aliphatic heterocycles. The molecule has 2 heteroatoms. The molecule has 2 heterocycles. The van der Waals surface area contributed by atoms with Gasteiger partial charge in [0.2, 0.25) is 0 Å². The van der Waals surface area contributed by atoms with Gasteiger partial charge in [-0.25, -0.2) is 4.98 Å². The quantitative estimate of drug-likeness (QED) is 0.434. The highest BCUT2D eigenvalue weighted by atomic mass is 16.3. The Hall–Kier alpha value is -2.61. The van der Waals surface area contributed by atoms with Crippen molar-refractivity contribution in [2.75, 3.05) is 0 Å². The van der Waals surface area contributed by atoms with Crippen LogP contribution in [0.3, 0.4) is 0 Å². The summed E-state index contributed by atoms with van der Waals surface area (Å²) in [5.41, 5.74) is 4.86. The number of benzene rings is 2. The molecule has 0 fully saturated rings. The SMILES string of the molecule is CC(C)(C)c1nc(-c2ccccc2)cc2c1oc1ccccc12. The van der Waals surface area contributed by atoms with Crippen molar-refractivity contribution in [1.29, 1.82) is 0 Å². The first-order valence-corrected chi connectivity index (χ1v) is 7.92. The molecule has 0 aliphatic carbocycles. The van der Waals surface area contributed by atoms with E-state index in [0.29, 0.717) is 0 Å². The zero-order chi connectivity index (χ0) is 16.0. The van der Waals surface area contributed by atoms with E-state index in [1.54, 1.807) is 0 Å². The molecule has 0 saturated carbocycles. The molecule has 0 aliphatic rings. The smallest absolute Gasteiger partial charge is 0.157 e. The van der Waals surface area contributed by atoms with Crippen LogP contribution in [0, 0.1) is 0 Å². The van der Waals surface area contributed by atoms with E-state index >= 15 is 0 Å². The predicted octanol–water partition coefficient (Wildman–Crippen LogP) is 5.95. The molecular weight excluding hydrogens is 282 g/mol. The minimum absolute atomic E-state index is 0.0864. The van der Waals surface area contributed by atoms with Gasteiger partial charge in [0.25, 0.3) is 0 Å². The molecule has 0 saturated heterocycles. The van der Waals surface area contributed by atoms with Crippen LogP contribution in [0.25, 0.3) is 33.2 Å². The number of hydrogen-bond donors (Lipinski definition) is 0. The van der Waals surface area contributed by atoms with Gasteiger partial charge in [-0.15, -0.1) is 0 Å². The summed E-state index contributed by atoms with van der Waals surface area (Å²) in [7, 11) is 0. The highest BCUT2D eigenvalue weighted by Gasteiger charge is 2.24. The maximum absolute atomic E-state index is 6.14. The van der Waals surface area contributed by atoms with Gasteiger partial charge in [0, 0.05) is 21.8 Å². The normalized spacial score (nSPS) is 12.1. The molecule has 114 valence electrons. The Balaban J connectivity index is 2.12. The first-order chi connectivity index (χ1) is 11.0. The average Bonchev–Trinajstić information content (AvgIpc) is 2.92. The lowest BCUT2D eigenvalue weighted by atomic mass is 9.90. The molecule has 0 amide bonds. The maximum Gasteiger partial charge on any atom is 0.157 e. The van der Waals surface area contributed by atoms with Gasteiger partial charge in [-0.05, 0) is 12.1 Å². The number of nitrogens with zero attached hydrogens (tertiary/aromatic N) is 1. The Morgan fingerprint density at radius 1 is 0.826 bits per heavy atom. The number of fused-ring (bicyclic) bond motifs is 3. The van der Waals surface area contributed by atoms with Crippen molar-refractivity contribution in [3.05, 3.63) is 66.4 Å². The highest BCUT2D eigenvalue weighted by Crippen LogP contribution is 2.37. The summed E-state index contributed by atoms with van der Waals surface area (Å²) >= 11 is 0. The lowest BCUT2D eigenvalue weighted by molar-refractivity contribution is 0.554. The molecule has 4 aromatic rings. The number of rotatable bonds is 1. The summed E-state index contributed by atoms with van der Waals surface area (Å²) in [4.78, 5) is 4.94. The fourth-order valence-corrected chi connectivity index (χ4v) is 2.99. The lowest BCUT2D eigenvalue weighted by Crippen LogP contribution is -2.14. The molecule has 2 nitrogen and oxygen atoms in total. The Morgan fingerprint density at radius 3 is 2.26 bits per heavy atom. The van der Waals surface area contributed by atoms with Crippen LogP contribution in [0.4, 0.5) is 0 Å². The second-order valence-corrected chi connectivity index (χ2v) is 6.95. The lowest BCUT2D eigenvalue weighted by Gasteiger charge is -2.19. The Labute approximate surface area is 135 Å². The van der Waals surface area contributed by atoms with Gasteiger partial charge >= 0.3 is 0 Å². The van der Waals surface area contributed by atoms with E-state index < -0.39 is 0 Å². The highest BCUT2D eigenvalue weighted by molar-refractivity contribution is 6.06. The van der Waals surface area contributed by atoms with E-state index in [1.807, 2.05) is 30.3 Å². The van der Waals surface area contributed by atoms with Crippen molar-refractivity contribution in [2.24, 2.45) is 0 Å². The molecule has 0 bridgehead atoms. The molecular formula is C21H19NO. The van der Waals surface area contributed by atoms with Crippen LogP contribution >= 0.6 is 0 Å². The second kappa shape index (κ2) is 4.95. The average molecular weight is 301 g/mol. The van der Waals surface area contributed by atoms with E-state index in [0.717, 1.165) is 38.9 Å². The molecule has 4 rings (SSSR count). The van der Waals surface area contributed by atoms with Gasteiger partial charge in [-0.1, -0.05) is 69.3 Å². The van der Waals surface area contributed by atoms with Gasteiger partial charge in [0.05, 0.1) is 11.4 Å². The largest absolute Gasteiger partial charge is 0.454 e. The van der Waals surface area contributed by atoms with Crippen molar-refractivity contribution >= 4 is 21.9 Å². The summed E-state index contributed by atoms with van der Waals surface area (Å²) in [6, 6.07) is 20.7. The Morgan fingerprint density at radius 2 is 1.52 bits per heavy atom. The Bertz CT molecular complexity index is 991. The maximum atomic E-state index is 6.14. The molecule has 23 heavy (non-hydrogen) atoms. The molecule has 0 unspecified atom stereocenters. The summed E-state index contributed by atoms with van der Waals surface area (Å²) < 4.78 is 6.14. The van der Waals surface area contributed by atoms with Gasteiger partial charge in [0.1, 0.15) is 5.58 Å². The van der Waals surface area contributed by atoms with Crippen LogP contribution in [0.5, 0.6) is 0 Å². The topological polar surface area (TPSA) is 26.0 Å². The number of furan rings is 1. The van der Waals surface area contributed by atoms with Gasteiger partial charge in [-0.2, -0.15) is 0 Å². The number of hydrogen-bond acceptors (Lipinski definition) is 2. The van der Waals surface area contributed by atoms with Crippen LogP contribution in [0.2, 0.25) is 0 Å². The number of aromatic nitrogens is 1.